The summed E-state index contributed by atoms with van der Waals surface area (Å²) in [4.78, 5) is 15.8. The number of nitrogens with one attached hydrogen (secondary N) is 1. The molecule has 154 valence electrons. The second-order valence-corrected chi connectivity index (χ2v) is 7.75. The van der Waals surface area contributed by atoms with Crippen molar-refractivity contribution < 1.29 is 13.9 Å². The lowest BCUT2D eigenvalue weighted by atomic mass is 10.0. The maximum Gasteiger partial charge on any atom is 0.248 e. The monoisotopic (exact) mass is 416 g/mol. The summed E-state index contributed by atoms with van der Waals surface area (Å²) in [6.45, 7) is 0.272. The Morgan fingerprint density at radius 1 is 1.26 bits per heavy atom. The summed E-state index contributed by atoms with van der Waals surface area (Å²) in [5.41, 5.74) is 9.47. The van der Waals surface area contributed by atoms with Gasteiger partial charge in [-0.1, -0.05) is 12.1 Å². The molecule has 4 aromatic rings. The van der Waals surface area contributed by atoms with E-state index in [4.69, 9.17) is 10.5 Å². The van der Waals surface area contributed by atoms with Crippen molar-refractivity contribution in [3.05, 3.63) is 71.4 Å². The Labute approximate surface area is 175 Å². The molecule has 0 spiro atoms. The summed E-state index contributed by atoms with van der Waals surface area (Å²) in [5.74, 6) is 0.821. The van der Waals surface area contributed by atoms with Crippen molar-refractivity contribution in [2.75, 3.05) is 5.32 Å². The van der Waals surface area contributed by atoms with Gasteiger partial charge in [-0.25, -0.2) is 9.37 Å². The topological polar surface area (TPSA) is 107 Å². The number of hydrogen-bond donors (Lipinski definition) is 2. The van der Waals surface area contributed by atoms with Crippen LogP contribution in [0.4, 0.5) is 10.3 Å². The van der Waals surface area contributed by atoms with Crippen LogP contribution in [0.1, 0.15) is 33.8 Å². The minimum Gasteiger partial charge on any atom is -0.489 e. The number of nitrogens with two attached hydrogens (primary N) is 1. The molecule has 2 atom stereocenters. The van der Waals surface area contributed by atoms with Gasteiger partial charge in [0, 0.05) is 40.9 Å². The summed E-state index contributed by atoms with van der Waals surface area (Å²) >= 11 is 0. The minimum atomic E-state index is -0.487. The van der Waals surface area contributed by atoms with Gasteiger partial charge in [0.2, 0.25) is 11.9 Å². The molecule has 31 heavy (non-hydrogen) atoms. The standard InChI is InChI=1S/C22H17FN6O2/c23-16-5-6-17-19(13-7-18(13)31-17)15(16)9-26-22-25-8-14(21-28-27-10-29(21)22)11-1-3-12(4-2-11)20(24)30/h1-6,8,10,13,18H,7,9H2,(H2,24,30)(H,25,26)/t13-,18?/m0/s1. The Bertz CT molecular complexity index is 1350. The van der Waals surface area contributed by atoms with Gasteiger partial charge in [0.25, 0.3) is 0 Å². The van der Waals surface area contributed by atoms with Crippen LogP contribution < -0.4 is 15.8 Å². The Balaban J connectivity index is 1.32. The first kappa shape index (κ1) is 17.8. The first-order valence-corrected chi connectivity index (χ1v) is 9.91. The quantitative estimate of drug-likeness (QED) is 0.518. The summed E-state index contributed by atoms with van der Waals surface area (Å²) in [6, 6.07) is 10.0. The van der Waals surface area contributed by atoms with Crippen LogP contribution in [0, 0.1) is 5.82 Å². The SMILES string of the molecule is NC(=O)c1ccc(-c2cnc(NCc3c(F)ccc4c3[C@H]3CC3O4)n3cnnc23)cc1. The molecule has 0 saturated heterocycles. The number of aromatic nitrogens is 4. The van der Waals surface area contributed by atoms with Gasteiger partial charge < -0.3 is 15.8 Å². The van der Waals surface area contributed by atoms with Gasteiger partial charge in [-0.3, -0.25) is 9.20 Å². The van der Waals surface area contributed by atoms with Gasteiger partial charge in [0.1, 0.15) is 24.0 Å². The van der Waals surface area contributed by atoms with Gasteiger partial charge in [-0.05, 0) is 36.2 Å². The zero-order valence-corrected chi connectivity index (χ0v) is 16.2. The van der Waals surface area contributed by atoms with Crippen LogP contribution >= 0.6 is 0 Å². The molecule has 1 fully saturated rings. The number of benzene rings is 2. The van der Waals surface area contributed by atoms with Crippen LogP contribution in [0.15, 0.2) is 48.9 Å². The van der Waals surface area contributed by atoms with E-state index in [1.807, 2.05) is 0 Å². The molecule has 8 nitrogen and oxygen atoms in total. The van der Waals surface area contributed by atoms with Gasteiger partial charge in [-0.15, -0.1) is 10.2 Å². The number of ether oxygens (including phenoxy) is 1. The summed E-state index contributed by atoms with van der Waals surface area (Å²) in [6.07, 6.45) is 4.37. The summed E-state index contributed by atoms with van der Waals surface area (Å²) in [5, 5.41) is 11.4. The first-order valence-electron chi connectivity index (χ1n) is 9.91. The van der Waals surface area contributed by atoms with Crippen LogP contribution in [-0.4, -0.2) is 31.6 Å². The molecule has 2 aliphatic rings. The molecule has 1 aliphatic heterocycles. The van der Waals surface area contributed by atoms with E-state index in [2.05, 4.69) is 20.5 Å². The molecule has 1 unspecified atom stereocenters. The number of amides is 1. The van der Waals surface area contributed by atoms with E-state index in [1.165, 1.54) is 6.07 Å². The van der Waals surface area contributed by atoms with Gasteiger partial charge >= 0.3 is 0 Å². The Morgan fingerprint density at radius 2 is 2.10 bits per heavy atom. The van der Waals surface area contributed by atoms with E-state index < -0.39 is 5.91 Å². The van der Waals surface area contributed by atoms with E-state index >= 15 is 0 Å². The molecular weight excluding hydrogens is 399 g/mol. The average molecular weight is 416 g/mol. The van der Waals surface area contributed by atoms with Crippen molar-refractivity contribution >= 4 is 17.5 Å². The average Bonchev–Trinajstić information content (AvgIpc) is 3.19. The second-order valence-electron chi connectivity index (χ2n) is 7.75. The minimum absolute atomic E-state index is 0.193. The van der Waals surface area contributed by atoms with Crippen molar-refractivity contribution in [3.8, 4) is 16.9 Å². The normalized spacial score (nSPS) is 18.4. The number of halogens is 1. The maximum absolute atomic E-state index is 14.6. The van der Waals surface area contributed by atoms with Gasteiger partial charge in [-0.2, -0.15) is 0 Å². The predicted octanol–water partition coefficient (Wildman–Crippen LogP) is 2.89. The molecule has 6 rings (SSSR count). The van der Waals surface area contributed by atoms with Gasteiger partial charge in [0.15, 0.2) is 5.65 Å². The maximum atomic E-state index is 14.6. The molecule has 3 heterocycles. The second kappa shape index (κ2) is 6.49. The first-order chi connectivity index (χ1) is 15.1. The Morgan fingerprint density at radius 3 is 2.90 bits per heavy atom. The van der Waals surface area contributed by atoms with Crippen molar-refractivity contribution in [1.29, 1.82) is 0 Å². The smallest absolute Gasteiger partial charge is 0.248 e. The zero-order chi connectivity index (χ0) is 21.1. The number of fused-ring (bicyclic) bond motifs is 4. The Hall–Kier alpha value is -4.01. The highest BCUT2D eigenvalue weighted by atomic mass is 19.1. The van der Waals surface area contributed by atoms with Gasteiger partial charge in [0.05, 0.1) is 0 Å². The lowest BCUT2D eigenvalue weighted by Crippen LogP contribution is -2.10. The van der Waals surface area contributed by atoms with E-state index in [0.717, 1.165) is 28.9 Å². The van der Waals surface area contributed by atoms with E-state index in [1.54, 1.807) is 47.3 Å². The highest BCUT2D eigenvalue weighted by Gasteiger charge is 2.49. The lowest BCUT2D eigenvalue weighted by Gasteiger charge is -2.14. The van der Waals surface area contributed by atoms with Crippen LogP contribution in [0.3, 0.4) is 0 Å². The predicted molar refractivity (Wildman–Crippen MR) is 110 cm³/mol. The number of rotatable bonds is 5. The molecular formula is C22H17FN6O2. The molecule has 9 heteroatoms. The summed E-state index contributed by atoms with van der Waals surface area (Å²) < 4.78 is 22.1. The number of nitrogens with zero attached hydrogens (tertiary/aromatic N) is 4. The fourth-order valence-electron chi connectivity index (χ4n) is 4.21. The largest absolute Gasteiger partial charge is 0.489 e. The number of primary amides is 1. The molecule has 0 bridgehead atoms. The van der Waals surface area contributed by atoms with Crippen LogP contribution in [0.5, 0.6) is 5.75 Å². The highest BCUT2D eigenvalue weighted by Crippen LogP contribution is 2.55. The van der Waals surface area contributed by atoms with E-state index in [-0.39, 0.29) is 24.4 Å². The molecule has 2 aromatic carbocycles. The van der Waals surface area contributed by atoms with E-state index in [9.17, 15) is 9.18 Å². The molecule has 3 N–H and O–H groups in total. The summed E-state index contributed by atoms with van der Waals surface area (Å²) in [7, 11) is 0. The third-order valence-electron chi connectivity index (χ3n) is 5.88. The number of carbonyl (C=O) groups excluding carboxylic acids is 1. The lowest BCUT2D eigenvalue weighted by molar-refractivity contribution is 0.100. The highest BCUT2D eigenvalue weighted by molar-refractivity contribution is 5.93. The molecule has 0 radical (unpaired) electrons. The Kier molecular flexibility index (Phi) is 3.73. The fraction of sp³-hybridized carbons (Fsp3) is 0.182. The molecule has 1 amide bonds. The molecule has 1 saturated carbocycles. The number of hydrogen-bond acceptors (Lipinski definition) is 6. The fourth-order valence-corrected chi connectivity index (χ4v) is 4.21. The van der Waals surface area contributed by atoms with Crippen LogP contribution in [-0.2, 0) is 6.54 Å². The van der Waals surface area contributed by atoms with Crippen molar-refractivity contribution in [2.24, 2.45) is 5.73 Å². The molecule has 2 aromatic heterocycles. The zero-order valence-electron chi connectivity index (χ0n) is 16.2. The van der Waals surface area contributed by atoms with E-state index in [0.29, 0.717) is 22.7 Å². The van der Waals surface area contributed by atoms with Crippen LogP contribution in [0.25, 0.3) is 16.8 Å². The third kappa shape index (κ3) is 2.81. The van der Waals surface area contributed by atoms with Crippen molar-refractivity contribution in [1.82, 2.24) is 19.6 Å². The van der Waals surface area contributed by atoms with Crippen molar-refractivity contribution in [2.45, 2.75) is 25.0 Å². The van der Waals surface area contributed by atoms with Crippen molar-refractivity contribution in [3.63, 3.8) is 0 Å². The third-order valence-corrected chi connectivity index (χ3v) is 5.88. The number of carbonyl (C=O) groups is 1. The molecule has 1 aliphatic carbocycles. The van der Waals surface area contributed by atoms with Crippen LogP contribution in [0.2, 0.25) is 0 Å². The number of anilines is 1.